The number of rotatable bonds is 1. The topological polar surface area (TPSA) is 28.7 Å². The first kappa shape index (κ1) is 10.1. The number of aryl methyl sites for hydroxylation is 2. The smallest absolute Gasteiger partial charge is 0.137 e. The Morgan fingerprint density at radius 3 is 2.82 bits per heavy atom. The zero-order valence-electron chi connectivity index (χ0n) is 9.99. The summed E-state index contributed by atoms with van der Waals surface area (Å²) in [6, 6.07) is 10.7. The van der Waals surface area contributed by atoms with Gasteiger partial charge in [0.25, 0.3) is 0 Å². The Bertz CT molecular complexity index is 680. The number of hydrogen-bond acceptors (Lipinski definition) is 1. The number of aromatic amines is 1. The second-order valence-electron chi connectivity index (χ2n) is 4.46. The normalized spacial score (nSPS) is 10.9. The van der Waals surface area contributed by atoms with Gasteiger partial charge in [-0.25, -0.2) is 4.98 Å². The Balaban J connectivity index is 2.22. The maximum Gasteiger partial charge on any atom is 0.137 e. The molecule has 2 heteroatoms. The van der Waals surface area contributed by atoms with Gasteiger partial charge in [-0.1, -0.05) is 23.8 Å². The van der Waals surface area contributed by atoms with Gasteiger partial charge >= 0.3 is 0 Å². The molecular weight excluding hydrogens is 208 g/mol. The van der Waals surface area contributed by atoms with E-state index in [1.165, 1.54) is 22.3 Å². The van der Waals surface area contributed by atoms with Crippen molar-refractivity contribution in [3.05, 3.63) is 53.9 Å². The van der Waals surface area contributed by atoms with Gasteiger partial charge in [0.1, 0.15) is 5.65 Å². The van der Waals surface area contributed by atoms with Crippen LogP contribution in [0, 0.1) is 13.8 Å². The summed E-state index contributed by atoms with van der Waals surface area (Å²) in [5.41, 5.74) is 5.95. The molecular formula is C15H14N2. The van der Waals surface area contributed by atoms with Gasteiger partial charge in [-0.3, -0.25) is 0 Å². The predicted octanol–water partition coefficient (Wildman–Crippen LogP) is 3.85. The van der Waals surface area contributed by atoms with E-state index in [9.17, 15) is 0 Å². The molecule has 17 heavy (non-hydrogen) atoms. The Morgan fingerprint density at radius 1 is 1.06 bits per heavy atom. The number of nitrogens with one attached hydrogen (secondary N) is 1. The van der Waals surface area contributed by atoms with Crippen LogP contribution in [0.2, 0.25) is 0 Å². The first-order valence-electron chi connectivity index (χ1n) is 5.75. The van der Waals surface area contributed by atoms with E-state index < -0.39 is 0 Å². The van der Waals surface area contributed by atoms with E-state index in [1.807, 2.05) is 12.4 Å². The van der Waals surface area contributed by atoms with Gasteiger partial charge in [0.2, 0.25) is 0 Å². The number of aromatic nitrogens is 2. The lowest BCUT2D eigenvalue weighted by molar-refractivity contribution is 1.31. The molecule has 0 aliphatic rings. The molecule has 3 aromatic rings. The second-order valence-corrected chi connectivity index (χ2v) is 4.46. The molecule has 0 bridgehead atoms. The fraction of sp³-hybridized carbons (Fsp3) is 0.133. The molecule has 0 saturated carbocycles. The van der Waals surface area contributed by atoms with Crippen molar-refractivity contribution < 1.29 is 0 Å². The van der Waals surface area contributed by atoms with E-state index in [1.54, 1.807) is 0 Å². The highest BCUT2D eigenvalue weighted by Gasteiger charge is 2.04. The number of H-pyrrole nitrogens is 1. The molecule has 1 aromatic carbocycles. The summed E-state index contributed by atoms with van der Waals surface area (Å²) in [7, 11) is 0. The number of nitrogens with zero attached hydrogens (tertiary/aromatic N) is 1. The minimum Gasteiger partial charge on any atom is -0.346 e. The van der Waals surface area contributed by atoms with Crippen molar-refractivity contribution in [3.8, 4) is 11.1 Å². The molecule has 84 valence electrons. The van der Waals surface area contributed by atoms with E-state index >= 15 is 0 Å². The van der Waals surface area contributed by atoms with Crippen LogP contribution >= 0.6 is 0 Å². The van der Waals surface area contributed by atoms with Gasteiger partial charge in [0.05, 0.1) is 0 Å². The summed E-state index contributed by atoms with van der Waals surface area (Å²) in [6.07, 6.45) is 3.85. The van der Waals surface area contributed by atoms with Crippen LogP contribution in [0.5, 0.6) is 0 Å². The maximum absolute atomic E-state index is 4.43. The lowest BCUT2D eigenvalue weighted by Crippen LogP contribution is -1.86. The van der Waals surface area contributed by atoms with Crippen molar-refractivity contribution in [1.29, 1.82) is 0 Å². The van der Waals surface area contributed by atoms with E-state index in [2.05, 4.69) is 54.1 Å². The lowest BCUT2D eigenvalue weighted by Gasteiger charge is -2.07. The van der Waals surface area contributed by atoms with Gasteiger partial charge in [-0.2, -0.15) is 0 Å². The summed E-state index contributed by atoms with van der Waals surface area (Å²) in [6.45, 7) is 4.25. The first-order chi connectivity index (χ1) is 8.24. The zero-order valence-corrected chi connectivity index (χ0v) is 9.99. The average Bonchev–Trinajstić information content (AvgIpc) is 2.79. The molecule has 0 aliphatic carbocycles. The van der Waals surface area contributed by atoms with Crippen molar-refractivity contribution in [3.63, 3.8) is 0 Å². The van der Waals surface area contributed by atoms with Crippen LogP contribution in [0.3, 0.4) is 0 Å². The lowest BCUT2D eigenvalue weighted by atomic mass is 9.99. The van der Waals surface area contributed by atoms with Crippen molar-refractivity contribution in [1.82, 2.24) is 9.97 Å². The van der Waals surface area contributed by atoms with Crippen LogP contribution in [-0.2, 0) is 0 Å². The minimum absolute atomic E-state index is 0.944. The van der Waals surface area contributed by atoms with E-state index in [4.69, 9.17) is 0 Å². The molecule has 0 aliphatic heterocycles. The summed E-state index contributed by atoms with van der Waals surface area (Å²) >= 11 is 0. The number of fused-ring (bicyclic) bond motifs is 1. The van der Waals surface area contributed by atoms with Gasteiger partial charge in [0.15, 0.2) is 0 Å². The minimum atomic E-state index is 0.944. The first-order valence-corrected chi connectivity index (χ1v) is 5.75. The third-order valence-corrected chi connectivity index (χ3v) is 3.10. The molecule has 0 saturated heterocycles. The largest absolute Gasteiger partial charge is 0.346 e. The summed E-state index contributed by atoms with van der Waals surface area (Å²) in [5.74, 6) is 0. The molecule has 0 spiro atoms. The number of hydrogen-bond donors (Lipinski definition) is 1. The Labute approximate surface area is 100 Å². The zero-order chi connectivity index (χ0) is 11.8. The van der Waals surface area contributed by atoms with Crippen molar-refractivity contribution >= 4 is 11.0 Å². The third-order valence-electron chi connectivity index (χ3n) is 3.10. The number of benzene rings is 1. The van der Waals surface area contributed by atoms with Gasteiger partial charge < -0.3 is 4.98 Å². The molecule has 0 amide bonds. The Hall–Kier alpha value is -2.09. The fourth-order valence-corrected chi connectivity index (χ4v) is 2.13. The van der Waals surface area contributed by atoms with Crippen LogP contribution in [0.4, 0.5) is 0 Å². The van der Waals surface area contributed by atoms with Gasteiger partial charge in [-0.15, -0.1) is 0 Å². The second kappa shape index (κ2) is 3.74. The van der Waals surface area contributed by atoms with Gasteiger partial charge in [-0.05, 0) is 37.1 Å². The highest BCUT2D eigenvalue weighted by Crippen LogP contribution is 2.26. The summed E-state index contributed by atoms with van der Waals surface area (Å²) in [4.78, 5) is 7.55. The predicted molar refractivity (Wildman–Crippen MR) is 71.0 cm³/mol. The Morgan fingerprint density at radius 2 is 1.94 bits per heavy atom. The molecule has 0 fully saturated rings. The standard InChI is InChI=1S/C15H14N2/c1-10-3-4-11(2)14(7-10)13-8-12-5-6-16-15(12)17-9-13/h3-9H,1-2H3,(H,16,17). The average molecular weight is 222 g/mol. The SMILES string of the molecule is Cc1ccc(C)c(-c2cnc3[nH]ccc3c2)c1. The van der Waals surface area contributed by atoms with E-state index in [0.29, 0.717) is 0 Å². The van der Waals surface area contributed by atoms with Gasteiger partial charge in [0, 0.05) is 23.3 Å². The van der Waals surface area contributed by atoms with E-state index in [0.717, 1.165) is 11.0 Å². The van der Waals surface area contributed by atoms with Crippen LogP contribution in [0.15, 0.2) is 42.7 Å². The number of pyridine rings is 1. The third kappa shape index (κ3) is 1.72. The maximum atomic E-state index is 4.43. The molecule has 3 rings (SSSR count). The molecule has 2 heterocycles. The summed E-state index contributed by atoms with van der Waals surface area (Å²) in [5, 5.41) is 1.16. The highest BCUT2D eigenvalue weighted by atomic mass is 14.8. The van der Waals surface area contributed by atoms with Crippen LogP contribution in [0.1, 0.15) is 11.1 Å². The quantitative estimate of drug-likeness (QED) is 0.665. The molecule has 0 radical (unpaired) electrons. The molecule has 0 atom stereocenters. The van der Waals surface area contributed by atoms with E-state index in [-0.39, 0.29) is 0 Å². The fourth-order valence-electron chi connectivity index (χ4n) is 2.13. The monoisotopic (exact) mass is 222 g/mol. The molecule has 1 N–H and O–H groups in total. The molecule has 2 aromatic heterocycles. The van der Waals surface area contributed by atoms with Crippen LogP contribution < -0.4 is 0 Å². The highest BCUT2D eigenvalue weighted by molar-refractivity contribution is 5.82. The molecule has 2 nitrogen and oxygen atoms in total. The Kier molecular flexibility index (Phi) is 2.22. The summed E-state index contributed by atoms with van der Waals surface area (Å²) < 4.78 is 0. The van der Waals surface area contributed by atoms with Crippen molar-refractivity contribution in [2.45, 2.75) is 13.8 Å². The molecule has 0 unspecified atom stereocenters. The van der Waals surface area contributed by atoms with Crippen LogP contribution in [0.25, 0.3) is 22.2 Å². The van der Waals surface area contributed by atoms with Crippen LogP contribution in [-0.4, -0.2) is 9.97 Å². The van der Waals surface area contributed by atoms with Crippen molar-refractivity contribution in [2.75, 3.05) is 0 Å². The van der Waals surface area contributed by atoms with Crippen molar-refractivity contribution in [2.24, 2.45) is 0 Å².